The third-order valence-electron chi connectivity index (χ3n) is 2.68. The van der Waals surface area contributed by atoms with E-state index in [1.54, 1.807) is 11.8 Å². The first-order valence-corrected chi connectivity index (χ1v) is 8.27. The number of nitrogens with one attached hydrogen (secondary N) is 1. The van der Waals surface area contributed by atoms with Crippen LogP contribution in [0.25, 0.3) is 0 Å². The smallest absolute Gasteiger partial charge is 0.239 e. The number of carbonyl (C=O) groups is 1. The van der Waals surface area contributed by atoms with E-state index in [2.05, 4.69) is 15.5 Å². The van der Waals surface area contributed by atoms with Gasteiger partial charge in [-0.2, -0.15) is 0 Å². The average Bonchev–Trinajstić information content (AvgIpc) is 2.93. The molecule has 2 rings (SSSR count). The van der Waals surface area contributed by atoms with Gasteiger partial charge in [-0.05, 0) is 25.0 Å². The summed E-state index contributed by atoms with van der Waals surface area (Å²) in [6.07, 6.45) is 1.61. The highest BCUT2D eigenvalue weighted by Gasteiger charge is 2.19. The van der Waals surface area contributed by atoms with Crippen LogP contribution in [0.2, 0.25) is 0 Å². The zero-order valence-corrected chi connectivity index (χ0v) is 13.1. The van der Waals surface area contributed by atoms with Crippen LogP contribution < -0.4 is 5.32 Å². The third kappa shape index (κ3) is 4.05. The van der Waals surface area contributed by atoms with Gasteiger partial charge in [0.15, 0.2) is 0 Å². The minimum absolute atomic E-state index is 0.0137. The van der Waals surface area contributed by atoms with Crippen LogP contribution in [-0.4, -0.2) is 21.4 Å². The highest BCUT2D eigenvalue weighted by atomic mass is 32.2. The maximum atomic E-state index is 12.3. The lowest BCUT2D eigenvalue weighted by atomic mass is 10.3. The fourth-order valence-corrected chi connectivity index (χ4v) is 3.28. The molecule has 1 aromatic carbocycles. The topological polar surface area (TPSA) is 54.9 Å². The molecular weight excluding hydrogens is 290 g/mol. The second kappa shape index (κ2) is 7.40. The molecule has 6 heteroatoms. The molecule has 1 aromatic heterocycles. The predicted molar refractivity (Wildman–Crippen MR) is 84.3 cm³/mol. The fourth-order valence-electron chi connectivity index (χ4n) is 1.62. The molecule has 0 spiro atoms. The van der Waals surface area contributed by atoms with E-state index in [-0.39, 0.29) is 11.2 Å². The van der Waals surface area contributed by atoms with E-state index in [1.165, 1.54) is 11.3 Å². The van der Waals surface area contributed by atoms with Gasteiger partial charge in [0, 0.05) is 4.90 Å². The van der Waals surface area contributed by atoms with E-state index in [9.17, 15) is 4.79 Å². The van der Waals surface area contributed by atoms with E-state index in [0.29, 0.717) is 5.13 Å². The first-order valence-electron chi connectivity index (χ1n) is 6.57. The van der Waals surface area contributed by atoms with Crippen LogP contribution >= 0.6 is 23.1 Å². The van der Waals surface area contributed by atoms with Crippen LogP contribution in [0.4, 0.5) is 5.13 Å². The number of aryl methyl sites for hydroxylation is 1. The zero-order valence-electron chi connectivity index (χ0n) is 11.5. The van der Waals surface area contributed by atoms with Crippen molar-refractivity contribution in [3.8, 4) is 0 Å². The van der Waals surface area contributed by atoms with Gasteiger partial charge in [0.1, 0.15) is 5.01 Å². The van der Waals surface area contributed by atoms with Crippen LogP contribution in [0.15, 0.2) is 35.2 Å². The first kappa shape index (κ1) is 15.0. The third-order valence-corrected chi connectivity index (χ3v) is 5.04. The second-order valence-corrected chi connectivity index (χ2v) is 6.51. The maximum Gasteiger partial charge on any atom is 0.239 e. The molecule has 4 nitrogen and oxygen atoms in total. The van der Waals surface area contributed by atoms with Crippen molar-refractivity contribution in [3.05, 3.63) is 35.3 Å². The molecule has 1 amide bonds. The fraction of sp³-hybridized carbons (Fsp3) is 0.357. The monoisotopic (exact) mass is 307 g/mol. The van der Waals surface area contributed by atoms with Gasteiger partial charge in [0.05, 0.1) is 5.25 Å². The molecule has 1 atom stereocenters. The van der Waals surface area contributed by atoms with Gasteiger partial charge in [-0.25, -0.2) is 0 Å². The van der Waals surface area contributed by atoms with Crippen LogP contribution in [0.3, 0.4) is 0 Å². The first-order chi connectivity index (χ1) is 9.72. The molecule has 2 aromatic rings. The van der Waals surface area contributed by atoms with Gasteiger partial charge in [-0.3, -0.25) is 10.1 Å². The van der Waals surface area contributed by atoms with Gasteiger partial charge >= 0.3 is 0 Å². The maximum absolute atomic E-state index is 12.3. The van der Waals surface area contributed by atoms with Gasteiger partial charge < -0.3 is 0 Å². The molecule has 106 valence electrons. The largest absolute Gasteiger partial charge is 0.300 e. The zero-order chi connectivity index (χ0) is 14.4. The number of anilines is 1. The van der Waals surface area contributed by atoms with Gasteiger partial charge in [-0.1, -0.05) is 43.4 Å². The van der Waals surface area contributed by atoms with Gasteiger partial charge in [0.2, 0.25) is 11.0 Å². The number of benzene rings is 1. The average molecular weight is 307 g/mol. The Labute approximate surface area is 127 Å². The van der Waals surface area contributed by atoms with Crippen LogP contribution in [0.5, 0.6) is 0 Å². The summed E-state index contributed by atoms with van der Waals surface area (Å²) < 4.78 is 0. The lowest BCUT2D eigenvalue weighted by Gasteiger charge is -2.13. The molecule has 0 radical (unpaired) electrons. The number of amides is 1. The summed E-state index contributed by atoms with van der Waals surface area (Å²) in [6, 6.07) is 9.95. The number of carbonyl (C=O) groups excluding carboxylic acids is 1. The van der Waals surface area contributed by atoms with Crippen LogP contribution in [-0.2, 0) is 11.2 Å². The van der Waals surface area contributed by atoms with E-state index < -0.39 is 0 Å². The Hall–Kier alpha value is -1.40. The molecule has 0 unspecified atom stereocenters. The minimum atomic E-state index is -0.119. The number of rotatable bonds is 6. The summed E-state index contributed by atoms with van der Waals surface area (Å²) in [5.41, 5.74) is 0. The van der Waals surface area contributed by atoms with Crippen molar-refractivity contribution in [2.24, 2.45) is 0 Å². The van der Waals surface area contributed by atoms with Crippen molar-refractivity contribution in [2.75, 3.05) is 5.32 Å². The van der Waals surface area contributed by atoms with E-state index >= 15 is 0 Å². The minimum Gasteiger partial charge on any atom is -0.300 e. The number of nitrogens with zero attached hydrogens (tertiary/aromatic N) is 2. The Morgan fingerprint density at radius 3 is 2.65 bits per heavy atom. The predicted octanol–water partition coefficient (Wildman–Crippen LogP) is 3.61. The van der Waals surface area contributed by atoms with Crippen molar-refractivity contribution in [2.45, 2.75) is 36.8 Å². The molecule has 0 saturated heterocycles. The SMILES string of the molecule is CCc1nnc(NC(=O)[C@H](CC)Sc2ccccc2)s1. The lowest BCUT2D eigenvalue weighted by Crippen LogP contribution is -2.24. The lowest BCUT2D eigenvalue weighted by molar-refractivity contribution is -0.115. The summed E-state index contributed by atoms with van der Waals surface area (Å²) in [6.45, 7) is 4.03. The molecule has 0 bridgehead atoms. The summed E-state index contributed by atoms with van der Waals surface area (Å²) in [4.78, 5) is 13.4. The normalized spacial score (nSPS) is 12.1. The van der Waals surface area contributed by atoms with E-state index in [4.69, 9.17) is 0 Å². The quantitative estimate of drug-likeness (QED) is 0.828. The van der Waals surface area contributed by atoms with Gasteiger partial charge in [-0.15, -0.1) is 22.0 Å². The highest BCUT2D eigenvalue weighted by molar-refractivity contribution is 8.00. The summed E-state index contributed by atoms with van der Waals surface area (Å²) in [5, 5.41) is 12.2. The van der Waals surface area contributed by atoms with Crippen molar-refractivity contribution in [1.29, 1.82) is 0 Å². The summed E-state index contributed by atoms with van der Waals surface area (Å²) in [5.74, 6) is -0.0137. The van der Waals surface area contributed by atoms with Crippen LogP contribution in [0, 0.1) is 0 Å². The van der Waals surface area contributed by atoms with E-state index in [0.717, 1.165) is 22.7 Å². The van der Waals surface area contributed by atoms with E-state index in [1.807, 2.05) is 44.2 Å². The molecule has 0 saturated carbocycles. The van der Waals surface area contributed by atoms with Gasteiger partial charge in [0.25, 0.3) is 0 Å². The Balaban J connectivity index is 1.98. The van der Waals surface area contributed by atoms with Crippen molar-refractivity contribution >= 4 is 34.1 Å². The van der Waals surface area contributed by atoms with Crippen molar-refractivity contribution in [1.82, 2.24) is 10.2 Å². The number of thioether (sulfide) groups is 1. The molecule has 1 N–H and O–H groups in total. The highest BCUT2D eigenvalue weighted by Crippen LogP contribution is 2.26. The summed E-state index contributed by atoms with van der Waals surface area (Å²) in [7, 11) is 0. The van der Waals surface area contributed by atoms with Crippen molar-refractivity contribution < 1.29 is 4.79 Å². The molecule has 0 aliphatic heterocycles. The molecule has 0 fully saturated rings. The number of aromatic nitrogens is 2. The Kier molecular flexibility index (Phi) is 5.55. The van der Waals surface area contributed by atoms with Crippen LogP contribution in [0.1, 0.15) is 25.3 Å². The standard InChI is InChI=1S/C14H17N3OS2/c1-3-11(19-10-8-6-5-7-9-10)13(18)15-14-17-16-12(4-2)20-14/h5-9,11H,3-4H2,1-2H3,(H,15,17,18)/t11-/m0/s1. The molecule has 1 heterocycles. The summed E-state index contributed by atoms with van der Waals surface area (Å²) >= 11 is 3.00. The number of hydrogen-bond acceptors (Lipinski definition) is 5. The second-order valence-electron chi connectivity index (χ2n) is 4.17. The Morgan fingerprint density at radius 1 is 1.30 bits per heavy atom. The number of hydrogen-bond donors (Lipinski definition) is 1. The molecule has 0 aliphatic carbocycles. The molecule has 0 aliphatic rings. The molecular formula is C14H17N3OS2. The molecule has 20 heavy (non-hydrogen) atoms. The Bertz CT molecular complexity index is 557. The Morgan fingerprint density at radius 2 is 2.05 bits per heavy atom. The van der Waals surface area contributed by atoms with Crippen molar-refractivity contribution in [3.63, 3.8) is 0 Å².